The van der Waals surface area contributed by atoms with Crippen molar-refractivity contribution in [2.24, 2.45) is 0 Å². The number of carbonyl (C=O) groups is 1. The van der Waals surface area contributed by atoms with E-state index in [9.17, 15) is 22.0 Å². The van der Waals surface area contributed by atoms with Crippen LogP contribution in [0.3, 0.4) is 0 Å². The molecule has 0 aliphatic rings. The summed E-state index contributed by atoms with van der Waals surface area (Å²) < 4.78 is 51.6. The van der Waals surface area contributed by atoms with Crippen LogP contribution < -0.4 is 4.72 Å². The first-order valence-corrected chi connectivity index (χ1v) is 7.48. The van der Waals surface area contributed by atoms with Gasteiger partial charge in [0, 0.05) is 17.1 Å². The molecule has 0 aliphatic heterocycles. The first-order chi connectivity index (χ1) is 9.15. The summed E-state index contributed by atoms with van der Waals surface area (Å²) in [5, 5.41) is 17.4. The van der Waals surface area contributed by atoms with Crippen molar-refractivity contribution in [3.05, 3.63) is 28.2 Å². The number of carboxylic acids is 1. The molecule has 0 saturated heterocycles. The molecular weight excluding hydrogens is 364 g/mol. The summed E-state index contributed by atoms with van der Waals surface area (Å²) in [7, 11) is -4.30. The van der Waals surface area contributed by atoms with Gasteiger partial charge >= 0.3 is 5.97 Å². The van der Waals surface area contributed by atoms with Crippen molar-refractivity contribution in [3.63, 3.8) is 0 Å². The molecule has 112 valence electrons. The van der Waals surface area contributed by atoms with E-state index in [2.05, 4.69) is 15.9 Å². The van der Waals surface area contributed by atoms with E-state index in [0.29, 0.717) is 6.07 Å². The third kappa shape index (κ3) is 4.20. The van der Waals surface area contributed by atoms with Crippen molar-refractivity contribution in [2.75, 3.05) is 6.54 Å². The van der Waals surface area contributed by atoms with E-state index in [-0.39, 0.29) is 4.47 Å². The lowest BCUT2D eigenvalue weighted by Gasteiger charge is -2.10. The fraction of sp³-hybridized carbons (Fsp3) is 0.300. The van der Waals surface area contributed by atoms with Crippen LogP contribution in [-0.2, 0) is 14.8 Å². The topological polar surface area (TPSA) is 104 Å². The monoisotopic (exact) mass is 373 g/mol. The van der Waals surface area contributed by atoms with Crippen molar-refractivity contribution < 1.29 is 32.2 Å². The van der Waals surface area contributed by atoms with Crippen LogP contribution >= 0.6 is 15.9 Å². The van der Waals surface area contributed by atoms with Gasteiger partial charge in [-0.2, -0.15) is 0 Å². The van der Waals surface area contributed by atoms with Crippen molar-refractivity contribution >= 4 is 31.9 Å². The smallest absolute Gasteiger partial charge is 0.332 e. The lowest BCUT2D eigenvalue weighted by atomic mass is 10.3. The lowest BCUT2D eigenvalue weighted by molar-refractivity contribution is -0.146. The molecule has 1 atom stereocenters. The number of hydrogen-bond acceptors (Lipinski definition) is 4. The molecule has 1 rings (SSSR count). The molecule has 0 spiro atoms. The van der Waals surface area contributed by atoms with Gasteiger partial charge in [-0.3, -0.25) is 0 Å². The molecular formula is C10H10BrF2NO5S. The third-order valence-electron chi connectivity index (χ3n) is 2.23. The summed E-state index contributed by atoms with van der Waals surface area (Å²) in [6, 6.07) is 1.19. The maximum Gasteiger partial charge on any atom is 0.332 e. The Kier molecular flexibility index (Phi) is 5.57. The van der Waals surface area contributed by atoms with Gasteiger partial charge < -0.3 is 10.2 Å². The number of aliphatic hydroxyl groups excluding tert-OH is 1. The summed E-state index contributed by atoms with van der Waals surface area (Å²) in [5.74, 6) is -3.74. The molecule has 6 nitrogen and oxygen atoms in total. The number of aliphatic hydroxyl groups is 1. The average molecular weight is 374 g/mol. The zero-order chi connectivity index (χ0) is 15.5. The largest absolute Gasteiger partial charge is 0.479 e. The minimum Gasteiger partial charge on any atom is -0.479 e. The number of halogens is 3. The van der Waals surface area contributed by atoms with Crippen molar-refractivity contribution in [1.29, 1.82) is 0 Å². The van der Waals surface area contributed by atoms with Gasteiger partial charge in [-0.25, -0.2) is 26.7 Å². The van der Waals surface area contributed by atoms with Gasteiger partial charge in [-0.1, -0.05) is 0 Å². The fourth-order valence-electron chi connectivity index (χ4n) is 1.31. The molecule has 0 saturated carbocycles. The highest BCUT2D eigenvalue weighted by molar-refractivity contribution is 9.10. The number of aliphatic carboxylic acids is 1. The Morgan fingerprint density at radius 2 is 2.00 bits per heavy atom. The van der Waals surface area contributed by atoms with Gasteiger partial charge in [-0.05, 0) is 28.4 Å². The van der Waals surface area contributed by atoms with Gasteiger partial charge in [-0.15, -0.1) is 0 Å². The zero-order valence-corrected chi connectivity index (χ0v) is 12.2. The highest BCUT2D eigenvalue weighted by atomic mass is 79.9. The summed E-state index contributed by atoms with van der Waals surface area (Å²) in [6.45, 7) is -0.418. The minimum atomic E-state index is -4.30. The SMILES string of the molecule is O=C(O)C(O)CCNS(=O)(=O)c1c(F)cc(F)cc1Br. The van der Waals surface area contributed by atoms with Crippen LogP contribution in [0.5, 0.6) is 0 Å². The fourth-order valence-corrected chi connectivity index (χ4v) is 3.52. The Morgan fingerprint density at radius 1 is 1.40 bits per heavy atom. The second-order valence-electron chi connectivity index (χ2n) is 3.74. The van der Waals surface area contributed by atoms with E-state index in [0.717, 1.165) is 6.07 Å². The van der Waals surface area contributed by atoms with Gasteiger partial charge in [0.1, 0.15) is 16.5 Å². The highest BCUT2D eigenvalue weighted by Crippen LogP contribution is 2.26. The minimum absolute atomic E-state index is 0.304. The van der Waals surface area contributed by atoms with Crippen LogP contribution in [-0.4, -0.2) is 37.2 Å². The molecule has 0 aromatic heterocycles. The van der Waals surface area contributed by atoms with Gasteiger partial charge in [0.15, 0.2) is 6.10 Å². The summed E-state index contributed by atoms with van der Waals surface area (Å²) >= 11 is 2.74. The summed E-state index contributed by atoms with van der Waals surface area (Å²) in [6.07, 6.45) is -2.13. The average Bonchev–Trinajstić information content (AvgIpc) is 2.26. The maximum atomic E-state index is 13.5. The van der Waals surface area contributed by atoms with Crippen LogP contribution in [0.1, 0.15) is 6.42 Å². The summed E-state index contributed by atoms with van der Waals surface area (Å²) in [5.41, 5.74) is 0. The van der Waals surface area contributed by atoms with Crippen molar-refractivity contribution in [3.8, 4) is 0 Å². The highest BCUT2D eigenvalue weighted by Gasteiger charge is 2.24. The van der Waals surface area contributed by atoms with Crippen molar-refractivity contribution in [1.82, 2.24) is 4.72 Å². The van der Waals surface area contributed by atoms with E-state index in [4.69, 9.17) is 10.2 Å². The van der Waals surface area contributed by atoms with E-state index in [1.807, 2.05) is 4.72 Å². The van der Waals surface area contributed by atoms with E-state index in [1.54, 1.807) is 0 Å². The number of rotatable bonds is 6. The van der Waals surface area contributed by atoms with Crippen LogP contribution in [0.4, 0.5) is 8.78 Å². The molecule has 0 radical (unpaired) electrons. The Hall–Kier alpha value is -1.10. The Balaban J connectivity index is 2.88. The molecule has 20 heavy (non-hydrogen) atoms. The molecule has 10 heteroatoms. The van der Waals surface area contributed by atoms with Gasteiger partial charge in [0.2, 0.25) is 10.0 Å². The first-order valence-electron chi connectivity index (χ1n) is 5.20. The normalized spacial score (nSPS) is 13.2. The number of sulfonamides is 1. The van der Waals surface area contributed by atoms with Crippen LogP contribution in [0.15, 0.2) is 21.5 Å². The lowest BCUT2D eigenvalue weighted by Crippen LogP contribution is -2.30. The summed E-state index contributed by atoms with van der Waals surface area (Å²) in [4.78, 5) is 9.55. The molecule has 3 N–H and O–H groups in total. The second-order valence-corrected chi connectivity index (χ2v) is 6.30. The molecule has 0 fully saturated rings. The number of benzene rings is 1. The van der Waals surface area contributed by atoms with Crippen LogP contribution in [0.2, 0.25) is 0 Å². The quantitative estimate of drug-likeness (QED) is 0.685. The van der Waals surface area contributed by atoms with E-state index < -0.39 is 51.6 Å². The molecule has 0 amide bonds. The van der Waals surface area contributed by atoms with E-state index in [1.165, 1.54) is 0 Å². The Bertz CT molecular complexity index is 599. The molecule has 0 heterocycles. The zero-order valence-electron chi connectivity index (χ0n) is 9.81. The van der Waals surface area contributed by atoms with Crippen LogP contribution in [0.25, 0.3) is 0 Å². The van der Waals surface area contributed by atoms with Gasteiger partial charge in [0.05, 0.1) is 0 Å². The number of nitrogens with one attached hydrogen (secondary N) is 1. The Labute approximate surface area is 121 Å². The molecule has 1 aromatic carbocycles. The van der Waals surface area contributed by atoms with E-state index >= 15 is 0 Å². The number of hydrogen-bond donors (Lipinski definition) is 3. The standard InChI is InChI=1S/C10H10BrF2NO5S/c11-6-3-5(12)4-7(13)9(6)20(18,19)14-2-1-8(15)10(16)17/h3-4,8,14-15H,1-2H2,(H,16,17). The molecule has 1 aromatic rings. The Morgan fingerprint density at radius 3 is 2.50 bits per heavy atom. The second kappa shape index (κ2) is 6.57. The van der Waals surface area contributed by atoms with Crippen LogP contribution in [0, 0.1) is 11.6 Å². The van der Waals surface area contributed by atoms with Crippen molar-refractivity contribution in [2.45, 2.75) is 17.4 Å². The predicted molar refractivity (Wildman–Crippen MR) is 67.5 cm³/mol. The first kappa shape index (κ1) is 17.0. The predicted octanol–water partition coefficient (Wildman–Crippen LogP) is 0.841. The number of carboxylic acid groups (broad SMARTS) is 1. The molecule has 0 aliphatic carbocycles. The molecule has 0 bridgehead atoms. The third-order valence-corrected chi connectivity index (χ3v) is 4.65. The molecule has 1 unspecified atom stereocenters. The van der Waals surface area contributed by atoms with Gasteiger partial charge in [0.25, 0.3) is 0 Å². The maximum absolute atomic E-state index is 13.5.